The maximum Gasteiger partial charge on any atom is 0.248 e. The monoisotopic (exact) mass is 314 g/mol. The molecule has 1 spiro atoms. The number of likely N-dealkylation sites (tertiary alicyclic amines) is 1. The maximum atomic E-state index is 12.3. The Morgan fingerprint density at radius 1 is 1.40 bits per heavy atom. The van der Waals surface area contributed by atoms with Gasteiger partial charge in [-0.1, -0.05) is 23.2 Å². The molecule has 1 fully saturated rings. The van der Waals surface area contributed by atoms with Gasteiger partial charge in [0.15, 0.2) is 0 Å². The summed E-state index contributed by atoms with van der Waals surface area (Å²) in [6.07, 6.45) is 0.509. The second-order valence-corrected chi connectivity index (χ2v) is 5.89. The lowest BCUT2D eigenvalue weighted by atomic mass is 9.81. The first-order valence-corrected chi connectivity index (χ1v) is 6.93. The molecule has 20 heavy (non-hydrogen) atoms. The van der Waals surface area contributed by atoms with Crippen LogP contribution in [0, 0.1) is 0 Å². The summed E-state index contributed by atoms with van der Waals surface area (Å²) >= 11 is 12.0. The van der Waals surface area contributed by atoms with Crippen LogP contribution in [0.1, 0.15) is 12.0 Å². The van der Waals surface area contributed by atoms with E-state index in [2.05, 4.69) is 5.32 Å². The molecule has 106 valence electrons. The summed E-state index contributed by atoms with van der Waals surface area (Å²) in [6.45, 7) is 0.140. The number of anilines is 1. The number of fused-ring (bicyclic) bond motifs is 2. The number of nitrogens with one attached hydrogen (secondary N) is 1. The molecular weight excluding hydrogens is 303 g/mol. The number of hydrogen-bond acceptors (Lipinski definition) is 3. The van der Waals surface area contributed by atoms with Crippen molar-refractivity contribution in [2.45, 2.75) is 11.8 Å². The molecule has 1 saturated heterocycles. The van der Waals surface area contributed by atoms with Crippen LogP contribution in [0.3, 0.4) is 0 Å². The summed E-state index contributed by atoms with van der Waals surface area (Å²) in [4.78, 5) is 25.4. The molecule has 0 unspecified atom stereocenters. The van der Waals surface area contributed by atoms with Crippen LogP contribution in [0.15, 0.2) is 12.1 Å². The van der Waals surface area contributed by atoms with Gasteiger partial charge >= 0.3 is 0 Å². The Kier molecular flexibility index (Phi) is 3.16. The van der Waals surface area contributed by atoms with E-state index in [1.54, 1.807) is 12.1 Å². The third-order valence-electron chi connectivity index (χ3n) is 4.02. The van der Waals surface area contributed by atoms with E-state index >= 15 is 0 Å². The van der Waals surface area contributed by atoms with Crippen LogP contribution in [0.5, 0.6) is 0 Å². The van der Waals surface area contributed by atoms with Crippen molar-refractivity contribution in [1.29, 1.82) is 0 Å². The Bertz CT molecular complexity index is 620. The van der Waals surface area contributed by atoms with Gasteiger partial charge in [-0.15, -0.1) is 0 Å². The van der Waals surface area contributed by atoms with Crippen LogP contribution >= 0.6 is 23.2 Å². The minimum atomic E-state index is -0.783. The number of rotatable bonds is 1. The predicted molar refractivity (Wildman–Crippen MR) is 75.1 cm³/mol. The van der Waals surface area contributed by atoms with Gasteiger partial charge in [-0.2, -0.15) is 0 Å². The van der Waals surface area contributed by atoms with Crippen molar-refractivity contribution in [1.82, 2.24) is 4.90 Å². The smallest absolute Gasteiger partial charge is 0.248 e. The number of halogens is 2. The highest BCUT2D eigenvalue weighted by Gasteiger charge is 2.52. The van der Waals surface area contributed by atoms with Crippen molar-refractivity contribution in [3.8, 4) is 0 Å². The molecule has 2 amide bonds. The van der Waals surface area contributed by atoms with Crippen molar-refractivity contribution in [2.75, 3.05) is 25.0 Å². The second-order valence-electron chi connectivity index (χ2n) is 5.07. The maximum absolute atomic E-state index is 12.3. The highest BCUT2D eigenvalue weighted by molar-refractivity contribution is 6.42. The molecule has 2 heterocycles. The molecule has 0 bridgehead atoms. The lowest BCUT2D eigenvalue weighted by Gasteiger charge is -2.22. The highest BCUT2D eigenvalue weighted by Crippen LogP contribution is 2.46. The van der Waals surface area contributed by atoms with Crippen molar-refractivity contribution >= 4 is 40.7 Å². The standard InChI is InChI=1S/C13H12Cl2N2O3/c14-8-3-7-10(4-9(8)15)16-12(20)13(7)1-2-17(6-13)11(19)5-18/h3-4,18H,1-2,5-6H2,(H,16,20)/t13-/m1/s1. The van der Waals surface area contributed by atoms with Crippen LogP contribution in [-0.4, -0.2) is 41.5 Å². The number of aliphatic hydroxyl groups excluding tert-OH is 1. The quantitative estimate of drug-likeness (QED) is 0.823. The minimum Gasteiger partial charge on any atom is -0.387 e. The average molecular weight is 315 g/mol. The molecule has 0 aliphatic carbocycles. The molecule has 2 N–H and O–H groups in total. The van der Waals surface area contributed by atoms with Gasteiger partial charge in [-0.25, -0.2) is 0 Å². The van der Waals surface area contributed by atoms with Crippen LogP contribution in [-0.2, 0) is 15.0 Å². The van der Waals surface area contributed by atoms with E-state index in [1.807, 2.05) is 0 Å². The molecule has 1 aromatic carbocycles. The summed E-state index contributed by atoms with van der Waals surface area (Å²) in [7, 11) is 0. The lowest BCUT2D eigenvalue weighted by molar-refractivity contribution is -0.133. The number of hydrogen-bond donors (Lipinski definition) is 2. The molecule has 0 radical (unpaired) electrons. The molecule has 0 aromatic heterocycles. The van der Waals surface area contributed by atoms with E-state index in [0.717, 1.165) is 5.56 Å². The third kappa shape index (κ3) is 1.81. The predicted octanol–water partition coefficient (Wildman–Crippen LogP) is 1.41. The van der Waals surface area contributed by atoms with Crippen molar-refractivity contribution in [3.63, 3.8) is 0 Å². The molecule has 2 aliphatic rings. The van der Waals surface area contributed by atoms with Crippen molar-refractivity contribution in [2.24, 2.45) is 0 Å². The molecule has 0 saturated carbocycles. The van der Waals surface area contributed by atoms with E-state index in [0.29, 0.717) is 28.7 Å². The van der Waals surface area contributed by atoms with Gasteiger partial charge in [0.1, 0.15) is 6.61 Å². The van der Waals surface area contributed by atoms with E-state index in [9.17, 15) is 9.59 Å². The summed E-state index contributed by atoms with van der Waals surface area (Å²) in [6, 6.07) is 3.31. The van der Waals surface area contributed by atoms with E-state index in [-0.39, 0.29) is 18.4 Å². The first-order valence-electron chi connectivity index (χ1n) is 6.17. The number of benzene rings is 1. The Labute approximate surface area is 125 Å². The highest BCUT2D eigenvalue weighted by atomic mass is 35.5. The Hall–Kier alpha value is -1.30. The van der Waals surface area contributed by atoms with Gasteiger partial charge in [-0.3, -0.25) is 9.59 Å². The van der Waals surface area contributed by atoms with Crippen molar-refractivity contribution < 1.29 is 14.7 Å². The summed E-state index contributed by atoms with van der Waals surface area (Å²) in [5.74, 6) is -0.526. The zero-order valence-corrected chi connectivity index (χ0v) is 12.0. The van der Waals surface area contributed by atoms with E-state index in [1.165, 1.54) is 4.90 Å². The number of amides is 2. The van der Waals surface area contributed by atoms with Gasteiger partial charge in [0.2, 0.25) is 11.8 Å². The molecule has 3 rings (SSSR count). The Morgan fingerprint density at radius 2 is 2.10 bits per heavy atom. The summed E-state index contributed by atoms with van der Waals surface area (Å²) < 4.78 is 0. The number of aliphatic hydroxyl groups is 1. The average Bonchev–Trinajstić information content (AvgIpc) is 2.97. The first kappa shape index (κ1) is 13.7. The fraction of sp³-hybridized carbons (Fsp3) is 0.385. The van der Waals surface area contributed by atoms with Crippen LogP contribution in [0.2, 0.25) is 10.0 Å². The van der Waals surface area contributed by atoms with Crippen molar-refractivity contribution in [3.05, 3.63) is 27.7 Å². The number of carbonyl (C=O) groups excluding carboxylic acids is 2. The zero-order chi connectivity index (χ0) is 14.5. The molecule has 7 heteroatoms. The fourth-order valence-electron chi connectivity index (χ4n) is 2.94. The minimum absolute atomic E-state index is 0.154. The van der Waals surface area contributed by atoms with Gasteiger partial charge in [0, 0.05) is 18.8 Å². The van der Waals surface area contributed by atoms with Gasteiger partial charge in [-0.05, 0) is 24.1 Å². The lowest BCUT2D eigenvalue weighted by Crippen LogP contribution is -2.40. The number of carbonyl (C=O) groups is 2. The fourth-order valence-corrected chi connectivity index (χ4v) is 3.27. The van der Waals surface area contributed by atoms with Gasteiger partial charge in [0.25, 0.3) is 0 Å². The van der Waals surface area contributed by atoms with E-state index < -0.39 is 12.0 Å². The molecule has 2 aliphatic heterocycles. The second kappa shape index (κ2) is 4.62. The van der Waals surface area contributed by atoms with E-state index in [4.69, 9.17) is 28.3 Å². The first-order chi connectivity index (χ1) is 9.48. The van der Waals surface area contributed by atoms with Crippen LogP contribution in [0.4, 0.5) is 5.69 Å². The van der Waals surface area contributed by atoms with Crippen LogP contribution < -0.4 is 5.32 Å². The molecule has 1 aromatic rings. The number of nitrogens with zero attached hydrogens (tertiary/aromatic N) is 1. The topological polar surface area (TPSA) is 69.6 Å². The zero-order valence-electron chi connectivity index (χ0n) is 10.4. The summed E-state index contributed by atoms with van der Waals surface area (Å²) in [5, 5.41) is 12.5. The molecule has 1 atom stereocenters. The summed E-state index contributed by atoms with van der Waals surface area (Å²) in [5.41, 5.74) is 0.627. The van der Waals surface area contributed by atoms with Gasteiger partial charge in [0.05, 0.1) is 15.5 Å². The van der Waals surface area contributed by atoms with Crippen LogP contribution in [0.25, 0.3) is 0 Å². The Morgan fingerprint density at radius 3 is 2.80 bits per heavy atom. The molecular formula is C13H12Cl2N2O3. The normalized spacial score (nSPS) is 24.1. The largest absolute Gasteiger partial charge is 0.387 e. The molecule has 5 nitrogen and oxygen atoms in total. The van der Waals surface area contributed by atoms with Gasteiger partial charge < -0.3 is 15.3 Å². The SMILES string of the molecule is O=C(CO)N1CC[C@]2(C1)C(=O)Nc1cc(Cl)c(Cl)cc12. The Balaban J connectivity index is 2.03. The third-order valence-corrected chi connectivity index (χ3v) is 4.74.